The van der Waals surface area contributed by atoms with Crippen molar-refractivity contribution in [2.24, 2.45) is 0 Å². The van der Waals surface area contributed by atoms with E-state index >= 15 is 0 Å². The second kappa shape index (κ2) is 5.75. The van der Waals surface area contributed by atoms with E-state index in [9.17, 15) is 0 Å². The standard InChI is InChI=1S/C13H16N2S/c1-16-9-3-5-12-4-2-6-13(10-12)15-8-7-14-11-15/h2,4,6-8,10-11H,3,5,9H2,1H3. The Hall–Kier alpha value is -1.22. The number of hydrogen-bond acceptors (Lipinski definition) is 2. The molecule has 2 nitrogen and oxygen atoms in total. The van der Waals surface area contributed by atoms with Crippen molar-refractivity contribution in [1.82, 2.24) is 9.55 Å². The summed E-state index contributed by atoms with van der Waals surface area (Å²) in [6, 6.07) is 8.66. The number of aryl methyl sites for hydroxylation is 1. The van der Waals surface area contributed by atoms with Crippen LogP contribution in [0.25, 0.3) is 5.69 Å². The Morgan fingerprint density at radius 2 is 2.31 bits per heavy atom. The molecule has 0 N–H and O–H groups in total. The van der Waals surface area contributed by atoms with Crippen molar-refractivity contribution in [2.75, 3.05) is 12.0 Å². The molecule has 1 aromatic heterocycles. The third-order valence-electron chi connectivity index (χ3n) is 2.53. The van der Waals surface area contributed by atoms with Crippen molar-refractivity contribution in [3.63, 3.8) is 0 Å². The highest BCUT2D eigenvalue weighted by Gasteiger charge is 1.97. The lowest BCUT2D eigenvalue weighted by atomic mass is 10.1. The van der Waals surface area contributed by atoms with Gasteiger partial charge in [0.1, 0.15) is 0 Å². The normalized spacial score (nSPS) is 10.6. The van der Waals surface area contributed by atoms with Crippen molar-refractivity contribution in [1.29, 1.82) is 0 Å². The number of aromatic nitrogens is 2. The van der Waals surface area contributed by atoms with Gasteiger partial charge in [0.05, 0.1) is 6.33 Å². The lowest BCUT2D eigenvalue weighted by Gasteiger charge is -2.05. The number of rotatable bonds is 5. The van der Waals surface area contributed by atoms with E-state index in [1.807, 2.05) is 28.9 Å². The molecule has 1 heterocycles. The first-order valence-electron chi connectivity index (χ1n) is 5.46. The molecule has 0 bridgehead atoms. The third-order valence-corrected chi connectivity index (χ3v) is 3.22. The summed E-state index contributed by atoms with van der Waals surface area (Å²) in [7, 11) is 0. The Labute approximate surface area is 101 Å². The van der Waals surface area contributed by atoms with Crippen LogP contribution in [-0.4, -0.2) is 21.6 Å². The van der Waals surface area contributed by atoms with Gasteiger partial charge in [-0.05, 0) is 42.5 Å². The Bertz CT molecular complexity index is 423. The Morgan fingerprint density at radius 3 is 3.06 bits per heavy atom. The third kappa shape index (κ3) is 2.89. The van der Waals surface area contributed by atoms with Gasteiger partial charge >= 0.3 is 0 Å². The van der Waals surface area contributed by atoms with Gasteiger partial charge in [0.2, 0.25) is 0 Å². The van der Waals surface area contributed by atoms with Crippen LogP contribution in [0.3, 0.4) is 0 Å². The van der Waals surface area contributed by atoms with Gasteiger partial charge in [-0.2, -0.15) is 11.8 Å². The minimum atomic E-state index is 1.16. The second-order valence-corrected chi connectivity index (χ2v) is 4.72. The molecule has 0 aliphatic heterocycles. The summed E-state index contributed by atoms with van der Waals surface area (Å²) in [5.41, 5.74) is 2.60. The van der Waals surface area contributed by atoms with E-state index < -0.39 is 0 Å². The zero-order valence-electron chi connectivity index (χ0n) is 9.47. The predicted molar refractivity (Wildman–Crippen MR) is 70.3 cm³/mol. The van der Waals surface area contributed by atoms with Crippen LogP contribution in [-0.2, 0) is 6.42 Å². The molecule has 0 aliphatic rings. The fourth-order valence-corrected chi connectivity index (χ4v) is 2.14. The molecule has 84 valence electrons. The number of thioether (sulfide) groups is 1. The molecular weight excluding hydrogens is 216 g/mol. The summed E-state index contributed by atoms with van der Waals surface area (Å²) >= 11 is 1.91. The summed E-state index contributed by atoms with van der Waals surface area (Å²) in [5.74, 6) is 1.23. The molecule has 0 aliphatic carbocycles. The Morgan fingerprint density at radius 1 is 1.38 bits per heavy atom. The van der Waals surface area contributed by atoms with Crippen LogP contribution >= 0.6 is 11.8 Å². The molecule has 0 radical (unpaired) electrons. The number of benzene rings is 1. The van der Waals surface area contributed by atoms with Crippen molar-refractivity contribution >= 4 is 11.8 Å². The second-order valence-electron chi connectivity index (χ2n) is 3.74. The van der Waals surface area contributed by atoms with E-state index in [-0.39, 0.29) is 0 Å². The van der Waals surface area contributed by atoms with Crippen LogP contribution in [0.15, 0.2) is 43.0 Å². The van der Waals surface area contributed by atoms with Gasteiger partial charge in [-0.15, -0.1) is 0 Å². The molecule has 2 rings (SSSR count). The SMILES string of the molecule is CSCCCc1cccc(-n2ccnc2)c1. The van der Waals surface area contributed by atoms with Gasteiger partial charge in [-0.25, -0.2) is 4.98 Å². The maximum atomic E-state index is 4.06. The summed E-state index contributed by atoms with van der Waals surface area (Å²) in [5, 5.41) is 0. The Kier molecular flexibility index (Phi) is 4.05. The molecule has 1 aromatic carbocycles. The fourth-order valence-electron chi connectivity index (χ4n) is 1.71. The zero-order valence-corrected chi connectivity index (χ0v) is 10.3. The summed E-state index contributed by atoms with van der Waals surface area (Å²) in [4.78, 5) is 4.06. The van der Waals surface area contributed by atoms with E-state index in [0.717, 1.165) is 6.42 Å². The first-order valence-corrected chi connectivity index (χ1v) is 6.86. The van der Waals surface area contributed by atoms with Crippen LogP contribution in [0.4, 0.5) is 0 Å². The molecule has 0 spiro atoms. The largest absolute Gasteiger partial charge is 0.306 e. The summed E-state index contributed by atoms with van der Waals surface area (Å²) in [6.07, 6.45) is 10.2. The van der Waals surface area contributed by atoms with Gasteiger partial charge in [0.15, 0.2) is 0 Å². The van der Waals surface area contributed by atoms with E-state index in [0.29, 0.717) is 0 Å². The van der Waals surface area contributed by atoms with Gasteiger partial charge in [0, 0.05) is 18.1 Å². The van der Waals surface area contributed by atoms with Crippen LogP contribution in [0.5, 0.6) is 0 Å². The number of nitrogens with zero attached hydrogens (tertiary/aromatic N) is 2. The maximum Gasteiger partial charge on any atom is 0.0991 e. The molecule has 2 aromatic rings. The van der Waals surface area contributed by atoms with Gasteiger partial charge < -0.3 is 4.57 Å². The minimum absolute atomic E-state index is 1.16. The minimum Gasteiger partial charge on any atom is -0.306 e. The Balaban J connectivity index is 2.08. The van der Waals surface area contributed by atoms with Gasteiger partial charge in [-0.3, -0.25) is 0 Å². The average Bonchev–Trinajstić information content (AvgIpc) is 2.83. The highest BCUT2D eigenvalue weighted by atomic mass is 32.2. The van der Waals surface area contributed by atoms with Crippen molar-refractivity contribution in [3.8, 4) is 5.69 Å². The van der Waals surface area contributed by atoms with Gasteiger partial charge in [0.25, 0.3) is 0 Å². The van der Waals surface area contributed by atoms with Crippen molar-refractivity contribution < 1.29 is 0 Å². The fraction of sp³-hybridized carbons (Fsp3) is 0.308. The number of hydrogen-bond donors (Lipinski definition) is 0. The highest BCUT2D eigenvalue weighted by molar-refractivity contribution is 7.98. The van der Waals surface area contributed by atoms with Crippen molar-refractivity contribution in [2.45, 2.75) is 12.8 Å². The van der Waals surface area contributed by atoms with E-state index in [4.69, 9.17) is 0 Å². The summed E-state index contributed by atoms with van der Waals surface area (Å²) in [6.45, 7) is 0. The molecule has 3 heteroatoms. The molecule has 0 atom stereocenters. The van der Waals surface area contributed by atoms with Crippen LogP contribution in [0.1, 0.15) is 12.0 Å². The molecule has 16 heavy (non-hydrogen) atoms. The van der Waals surface area contributed by atoms with Crippen LogP contribution < -0.4 is 0 Å². The smallest absolute Gasteiger partial charge is 0.0991 e. The van der Waals surface area contributed by atoms with E-state index in [1.54, 1.807) is 6.20 Å². The van der Waals surface area contributed by atoms with E-state index in [1.165, 1.54) is 23.4 Å². The maximum absolute atomic E-state index is 4.06. The highest BCUT2D eigenvalue weighted by Crippen LogP contribution is 2.12. The lowest BCUT2D eigenvalue weighted by molar-refractivity contribution is 0.928. The molecule has 0 saturated heterocycles. The average molecular weight is 232 g/mol. The molecular formula is C13H16N2S. The zero-order chi connectivity index (χ0) is 11.2. The topological polar surface area (TPSA) is 17.8 Å². The molecule has 0 fully saturated rings. The van der Waals surface area contributed by atoms with E-state index in [2.05, 4.69) is 35.5 Å². The van der Waals surface area contributed by atoms with Crippen molar-refractivity contribution in [3.05, 3.63) is 48.5 Å². The van der Waals surface area contributed by atoms with Crippen LogP contribution in [0.2, 0.25) is 0 Å². The first kappa shape index (κ1) is 11.3. The lowest BCUT2D eigenvalue weighted by Crippen LogP contribution is -1.93. The molecule has 0 amide bonds. The quantitative estimate of drug-likeness (QED) is 0.737. The van der Waals surface area contributed by atoms with Crippen LogP contribution in [0, 0.1) is 0 Å². The summed E-state index contributed by atoms with van der Waals surface area (Å²) < 4.78 is 2.04. The monoisotopic (exact) mass is 232 g/mol. The molecule has 0 saturated carbocycles. The first-order chi connectivity index (χ1) is 7.90. The predicted octanol–water partition coefficient (Wildman–Crippen LogP) is 3.17. The number of imidazole rings is 1. The molecule has 0 unspecified atom stereocenters. The van der Waals surface area contributed by atoms with Gasteiger partial charge in [-0.1, -0.05) is 12.1 Å².